The lowest BCUT2D eigenvalue weighted by Gasteiger charge is -2.04. The summed E-state index contributed by atoms with van der Waals surface area (Å²) in [6, 6.07) is 8.07. The van der Waals surface area contributed by atoms with Crippen LogP contribution in [-0.2, 0) is 4.79 Å². The Morgan fingerprint density at radius 1 is 1.42 bits per heavy atom. The van der Waals surface area contributed by atoms with Crippen LogP contribution < -0.4 is 5.32 Å². The van der Waals surface area contributed by atoms with Gasteiger partial charge in [0.25, 0.3) is 0 Å². The molecule has 0 spiro atoms. The number of aliphatic hydroxyl groups excluding tert-OH is 1. The Bertz CT molecular complexity index is 922. The number of thiazole rings is 1. The number of pyridine rings is 1. The Hall–Kier alpha value is -2.31. The molecular formula is C18H17N3O2S. The zero-order valence-electron chi connectivity index (χ0n) is 13.2. The number of hydrogen-bond donors (Lipinski definition) is 2. The summed E-state index contributed by atoms with van der Waals surface area (Å²) in [5.74, 6) is -0.00779. The van der Waals surface area contributed by atoms with Crippen molar-refractivity contribution in [2.45, 2.75) is 13.3 Å². The molecule has 2 aromatic heterocycles. The summed E-state index contributed by atoms with van der Waals surface area (Å²) < 4.78 is 1.03. The molecular weight excluding hydrogens is 322 g/mol. The molecule has 0 bridgehead atoms. The van der Waals surface area contributed by atoms with Crippen LogP contribution in [0.5, 0.6) is 0 Å². The Kier molecular flexibility index (Phi) is 3.78. The normalized spacial score (nSPS) is 19.4. The van der Waals surface area contributed by atoms with E-state index in [1.807, 2.05) is 24.4 Å². The van der Waals surface area contributed by atoms with Crippen molar-refractivity contribution in [2.24, 2.45) is 11.8 Å². The van der Waals surface area contributed by atoms with Gasteiger partial charge in [0.1, 0.15) is 0 Å². The monoisotopic (exact) mass is 339 g/mol. The van der Waals surface area contributed by atoms with Crippen LogP contribution in [-0.4, -0.2) is 27.6 Å². The molecule has 24 heavy (non-hydrogen) atoms. The fraction of sp³-hybridized carbons (Fsp3) is 0.278. The number of hydrogen-bond acceptors (Lipinski definition) is 5. The predicted octanol–water partition coefficient (Wildman–Crippen LogP) is 3.23. The van der Waals surface area contributed by atoms with Crippen LogP contribution >= 0.6 is 11.3 Å². The number of benzene rings is 1. The van der Waals surface area contributed by atoms with Crippen molar-refractivity contribution in [3.8, 4) is 11.1 Å². The molecule has 1 fully saturated rings. The number of fused-ring (bicyclic) bond motifs is 1. The predicted molar refractivity (Wildman–Crippen MR) is 94.9 cm³/mol. The molecule has 3 aromatic rings. The van der Waals surface area contributed by atoms with Crippen molar-refractivity contribution in [2.75, 3.05) is 11.9 Å². The number of anilines is 1. The Balaban J connectivity index is 1.60. The number of carbonyl (C=O) groups is 1. The Morgan fingerprint density at radius 2 is 2.29 bits per heavy atom. The standard InChI is InChI=1S/C18H17N3O2S/c1-10-4-5-19-8-14(10)11-2-3-15-16(7-11)24-18(20-15)21-17(23)13-6-12(13)9-22/h2-5,7-8,12-13,22H,6,9H2,1H3,(H,20,21,23)/t12-,13-/m1/s1. The molecule has 4 rings (SSSR count). The van der Waals surface area contributed by atoms with Gasteiger partial charge < -0.3 is 10.4 Å². The highest BCUT2D eigenvalue weighted by Gasteiger charge is 2.42. The summed E-state index contributed by atoms with van der Waals surface area (Å²) in [5.41, 5.74) is 4.24. The van der Waals surface area contributed by atoms with Crippen molar-refractivity contribution in [3.63, 3.8) is 0 Å². The molecule has 1 aromatic carbocycles. The van der Waals surface area contributed by atoms with Gasteiger partial charge in [-0.15, -0.1) is 0 Å². The van der Waals surface area contributed by atoms with E-state index in [9.17, 15) is 4.79 Å². The molecule has 1 aliphatic rings. The van der Waals surface area contributed by atoms with Gasteiger partial charge in [-0.3, -0.25) is 9.78 Å². The maximum atomic E-state index is 12.1. The van der Waals surface area contributed by atoms with Gasteiger partial charge in [0.05, 0.1) is 10.2 Å². The average Bonchev–Trinajstić information content (AvgIpc) is 3.27. The number of rotatable bonds is 4. The highest BCUT2D eigenvalue weighted by molar-refractivity contribution is 7.22. The number of carbonyl (C=O) groups excluding carboxylic acids is 1. The highest BCUT2D eigenvalue weighted by atomic mass is 32.1. The van der Waals surface area contributed by atoms with Crippen molar-refractivity contribution in [3.05, 3.63) is 42.2 Å². The Morgan fingerprint density at radius 3 is 3.04 bits per heavy atom. The second-order valence-electron chi connectivity index (χ2n) is 6.17. The first-order chi connectivity index (χ1) is 11.7. The lowest BCUT2D eigenvalue weighted by Crippen LogP contribution is -2.15. The first-order valence-electron chi connectivity index (χ1n) is 7.89. The number of nitrogens with one attached hydrogen (secondary N) is 1. The van der Waals surface area contributed by atoms with E-state index in [1.54, 1.807) is 6.20 Å². The fourth-order valence-electron chi connectivity index (χ4n) is 2.88. The van der Waals surface area contributed by atoms with Crippen molar-refractivity contribution in [1.29, 1.82) is 0 Å². The molecule has 0 unspecified atom stereocenters. The summed E-state index contributed by atoms with van der Waals surface area (Å²) in [6.45, 7) is 2.14. The molecule has 2 atom stereocenters. The third kappa shape index (κ3) is 2.79. The van der Waals surface area contributed by atoms with Gasteiger partial charge in [-0.2, -0.15) is 0 Å². The maximum Gasteiger partial charge on any atom is 0.229 e. The summed E-state index contributed by atoms with van der Waals surface area (Å²) in [5, 5.41) is 12.6. The first-order valence-corrected chi connectivity index (χ1v) is 8.70. The van der Waals surface area contributed by atoms with E-state index in [0.717, 1.165) is 27.8 Å². The van der Waals surface area contributed by atoms with Gasteiger partial charge in [-0.05, 0) is 48.6 Å². The van der Waals surface area contributed by atoms with Gasteiger partial charge in [-0.25, -0.2) is 4.98 Å². The van der Waals surface area contributed by atoms with E-state index in [1.165, 1.54) is 16.9 Å². The second kappa shape index (κ2) is 5.96. The van der Waals surface area contributed by atoms with Crippen molar-refractivity contribution in [1.82, 2.24) is 9.97 Å². The van der Waals surface area contributed by atoms with Crippen LogP contribution in [0.25, 0.3) is 21.3 Å². The molecule has 5 nitrogen and oxygen atoms in total. The molecule has 1 amide bonds. The van der Waals surface area contributed by atoms with Gasteiger partial charge >= 0.3 is 0 Å². The molecule has 6 heteroatoms. The van der Waals surface area contributed by atoms with Crippen LogP contribution in [0.1, 0.15) is 12.0 Å². The minimum Gasteiger partial charge on any atom is -0.396 e. The first kappa shape index (κ1) is 15.2. The zero-order chi connectivity index (χ0) is 16.7. The van der Waals surface area contributed by atoms with E-state index < -0.39 is 0 Å². The summed E-state index contributed by atoms with van der Waals surface area (Å²) in [6.07, 6.45) is 4.41. The SMILES string of the molecule is Cc1ccncc1-c1ccc2nc(NC(=O)[C@@H]3C[C@@H]3CO)sc2c1. The number of nitrogens with zero attached hydrogens (tertiary/aromatic N) is 2. The number of aryl methyl sites for hydroxylation is 1. The lowest BCUT2D eigenvalue weighted by molar-refractivity contribution is -0.117. The molecule has 0 saturated heterocycles. The minimum atomic E-state index is -0.0735. The third-order valence-corrected chi connectivity index (χ3v) is 5.40. The summed E-state index contributed by atoms with van der Waals surface area (Å²) >= 11 is 1.47. The van der Waals surface area contributed by atoms with Crippen LogP contribution in [0.4, 0.5) is 5.13 Å². The largest absolute Gasteiger partial charge is 0.396 e. The molecule has 122 valence electrons. The number of amides is 1. The molecule has 0 aliphatic heterocycles. The van der Waals surface area contributed by atoms with E-state index in [-0.39, 0.29) is 24.3 Å². The summed E-state index contributed by atoms with van der Waals surface area (Å²) in [7, 11) is 0. The van der Waals surface area contributed by atoms with Crippen LogP contribution in [0, 0.1) is 18.8 Å². The highest BCUT2D eigenvalue weighted by Crippen LogP contribution is 2.39. The van der Waals surface area contributed by atoms with E-state index in [4.69, 9.17) is 5.11 Å². The quantitative estimate of drug-likeness (QED) is 0.765. The third-order valence-electron chi connectivity index (χ3n) is 4.46. The maximum absolute atomic E-state index is 12.1. The van der Waals surface area contributed by atoms with E-state index >= 15 is 0 Å². The number of aromatic nitrogens is 2. The van der Waals surface area contributed by atoms with E-state index in [0.29, 0.717) is 5.13 Å². The second-order valence-corrected chi connectivity index (χ2v) is 7.20. The lowest BCUT2D eigenvalue weighted by atomic mass is 10.0. The Labute approximate surface area is 143 Å². The van der Waals surface area contributed by atoms with E-state index in [2.05, 4.69) is 28.3 Å². The van der Waals surface area contributed by atoms with Crippen molar-refractivity contribution < 1.29 is 9.90 Å². The molecule has 1 aliphatic carbocycles. The smallest absolute Gasteiger partial charge is 0.229 e. The van der Waals surface area contributed by atoms with Crippen molar-refractivity contribution >= 4 is 32.6 Å². The van der Waals surface area contributed by atoms with Crippen LogP contribution in [0.3, 0.4) is 0 Å². The van der Waals surface area contributed by atoms with Gasteiger partial charge in [0, 0.05) is 30.5 Å². The average molecular weight is 339 g/mol. The van der Waals surface area contributed by atoms with Gasteiger partial charge in [0.2, 0.25) is 5.91 Å². The van der Waals surface area contributed by atoms with Crippen LogP contribution in [0.2, 0.25) is 0 Å². The molecule has 2 N–H and O–H groups in total. The zero-order valence-corrected chi connectivity index (χ0v) is 14.0. The topological polar surface area (TPSA) is 75.1 Å². The van der Waals surface area contributed by atoms with Gasteiger partial charge in [0.15, 0.2) is 5.13 Å². The summed E-state index contributed by atoms with van der Waals surface area (Å²) in [4.78, 5) is 20.8. The molecule has 2 heterocycles. The minimum absolute atomic E-state index is 0.0450. The fourth-order valence-corrected chi connectivity index (χ4v) is 3.79. The number of aliphatic hydroxyl groups is 1. The van der Waals surface area contributed by atoms with Gasteiger partial charge in [-0.1, -0.05) is 17.4 Å². The molecule has 1 saturated carbocycles. The molecule has 0 radical (unpaired) electrons. The van der Waals surface area contributed by atoms with Crippen LogP contribution in [0.15, 0.2) is 36.7 Å².